The molecule has 0 spiro atoms. The first-order chi connectivity index (χ1) is 8.85. The van der Waals surface area contributed by atoms with Crippen molar-refractivity contribution in [2.24, 2.45) is 5.92 Å². The van der Waals surface area contributed by atoms with Crippen LogP contribution >= 0.6 is 0 Å². The van der Waals surface area contributed by atoms with Crippen LogP contribution in [0.3, 0.4) is 0 Å². The van der Waals surface area contributed by atoms with Crippen molar-refractivity contribution in [3.8, 4) is 0 Å². The van der Waals surface area contributed by atoms with Gasteiger partial charge in [0.05, 0.1) is 6.61 Å². The minimum absolute atomic E-state index is 0.0608. The maximum Gasteiger partial charge on any atom is 0.194 e. The number of aliphatic hydroxyl groups excluding tert-OH is 1. The van der Waals surface area contributed by atoms with Crippen LogP contribution in [0.25, 0.3) is 0 Å². The van der Waals surface area contributed by atoms with Gasteiger partial charge in [0, 0.05) is 12.1 Å². The molecular formula is C14H20F3NO. The van der Waals surface area contributed by atoms with Gasteiger partial charge < -0.3 is 10.4 Å². The van der Waals surface area contributed by atoms with Crippen LogP contribution in [0, 0.1) is 23.4 Å². The van der Waals surface area contributed by atoms with Crippen LogP contribution in [0.5, 0.6) is 0 Å². The molecule has 1 rings (SSSR count). The lowest BCUT2D eigenvalue weighted by molar-refractivity contribution is 0.215. The fourth-order valence-corrected chi connectivity index (χ4v) is 2.04. The van der Waals surface area contributed by atoms with Crippen molar-refractivity contribution in [3.05, 3.63) is 35.1 Å². The molecule has 2 N–H and O–H groups in total. The second-order valence-corrected chi connectivity index (χ2v) is 5.20. The summed E-state index contributed by atoms with van der Waals surface area (Å²) in [5, 5.41) is 12.3. The molecule has 0 saturated heterocycles. The summed E-state index contributed by atoms with van der Waals surface area (Å²) in [5.74, 6) is -3.48. The van der Waals surface area contributed by atoms with Gasteiger partial charge in [-0.3, -0.25) is 0 Å². The van der Waals surface area contributed by atoms with E-state index in [0.29, 0.717) is 11.5 Å². The van der Waals surface area contributed by atoms with Crippen LogP contribution in [-0.4, -0.2) is 17.8 Å². The smallest absolute Gasteiger partial charge is 0.194 e. The van der Waals surface area contributed by atoms with Crippen molar-refractivity contribution < 1.29 is 18.3 Å². The molecule has 0 aliphatic heterocycles. The van der Waals surface area contributed by atoms with Gasteiger partial charge >= 0.3 is 0 Å². The molecule has 2 unspecified atom stereocenters. The third-order valence-corrected chi connectivity index (χ3v) is 2.97. The van der Waals surface area contributed by atoms with E-state index < -0.39 is 17.5 Å². The highest BCUT2D eigenvalue weighted by molar-refractivity contribution is 5.22. The largest absolute Gasteiger partial charge is 0.395 e. The van der Waals surface area contributed by atoms with Gasteiger partial charge in [-0.15, -0.1) is 0 Å². The monoisotopic (exact) mass is 275 g/mol. The van der Waals surface area contributed by atoms with E-state index >= 15 is 0 Å². The third kappa shape index (κ3) is 4.51. The van der Waals surface area contributed by atoms with Gasteiger partial charge in [-0.1, -0.05) is 13.8 Å². The lowest BCUT2D eigenvalue weighted by atomic mass is 10.0. The van der Waals surface area contributed by atoms with Gasteiger partial charge in [-0.2, -0.15) is 0 Å². The molecule has 0 aliphatic rings. The molecule has 108 valence electrons. The Morgan fingerprint density at radius 2 is 1.63 bits per heavy atom. The average molecular weight is 275 g/mol. The number of nitrogens with one attached hydrogen (secondary N) is 1. The van der Waals surface area contributed by atoms with Gasteiger partial charge in [-0.25, -0.2) is 13.2 Å². The molecule has 0 fully saturated rings. The number of rotatable bonds is 6. The first-order valence-electron chi connectivity index (χ1n) is 6.36. The highest BCUT2D eigenvalue weighted by atomic mass is 19.2. The first-order valence-corrected chi connectivity index (χ1v) is 6.36. The molecule has 2 atom stereocenters. The van der Waals surface area contributed by atoms with E-state index in [1.54, 1.807) is 6.92 Å². The van der Waals surface area contributed by atoms with E-state index in [-0.39, 0.29) is 18.7 Å². The fraction of sp³-hybridized carbons (Fsp3) is 0.571. The van der Waals surface area contributed by atoms with E-state index in [4.69, 9.17) is 0 Å². The molecule has 5 heteroatoms. The summed E-state index contributed by atoms with van der Waals surface area (Å²) in [6.45, 7) is 5.70. The number of aliphatic hydroxyl groups is 1. The predicted octanol–water partition coefficient (Wildman–Crippen LogP) is 3.16. The Balaban J connectivity index is 2.79. The van der Waals surface area contributed by atoms with Crippen LogP contribution in [0.15, 0.2) is 12.1 Å². The van der Waals surface area contributed by atoms with Crippen molar-refractivity contribution in [1.82, 2.24) is 5.32 Å². The maximum absolute atomic E-state index is 13.1. The Morgan fingerprint density at radius 3 is 2.05 bits per heavy atom. The number of benzene rings is 1. The van der Waals surface area contributed by atoms with Crippen molar-refractivity contribution in [3.63, 3.8) is 0 Å². The zero-order chi connectivity index (χ0) is 14.6. The van der Waals surface area contributed by atoms with E-state index in [1.807, 2.05) is 13.8 Å². The minimum atomic E-state index is -1.46. The summed E-state index contributed by atoms with van der Waals surface area (Å²) in [5.41, 5.74) is 0.318. The quantitative estimate of drug-likeness (QED) is 0.782. The fourth-order valence-electron chi connectivity index (χ4n) is 2.04. The van der Waals surface area contributed by atoms with Gasteiger partial charge in [-0.05, 0) is 37.0 Å². The lowest BCUT2D eigenvalue weighted by Crippen LogP contribution is -2.35. The molecule has 0 heterocycles. The lowest BCUT2D eigenvalue weighted by Gasteiger charge is -2.23. The second kappa shape index (κ2) is 6.91. The summed E-state index contributed by atoms with van der Waals surface area (Å²) < 4.78 is 39.1. The molecule has 0 bridgehead atoms. The van der Waals surface area contributed by atoms with Crippen molar-refractivity contribution >= 4 is 0 Å². The van der Waals surface area contributed by atoms with Crippen LogP contribution in [-0.2, 0) is 0 Å². The van der Waals surface area contributed by atoms with Crippen molar-refractivity contribution in [1.29, 1.82) is 0 Å². The maximum atomic E-state index is 13.1. The van der Waals surface area contributed by atoms with Crippen LogP contribution in [0.1, 0.15) is 38.8 Å². The van der Waals surface area contributed by atoms with Crippen LogP contribution < -0.4 is 5.32 Å². The molecular weight excluding hydrogens is 255 g/mol. The third-order valence-electron chi connectivity index (χ3n) is 2.97. The zero-order valence-electron chi connectivity index (χ0n) is 11.4. The molecule has 2 nitrogen and oxygen atoms in total. The van der Waals surface area contributed by atoms with E-state index in [9.17, 15) is 18.3 Å². The Kier molecular flexibility index (Phi) is 5.82. The SMILES string of the molecule is CC(C)CC(CO)NC(C)c1cc(F)c(F)c(F)c1. The molecule has 1 aromatic rings. The van der Waals surface area contributed by atoms with Crippen LogP contribution in [0.2, 0.25) is 0 Å². The summed E-state index contributed by atoms with van der Waals surface area (Å²) in [6, 6.07) is 1.41. The van der Waals surface area contributed by atoms with Gasteiger partial charge in [0.1, 0.15) is 0 Å². The molecule has 19 heavy (non-hydrogen) atoms. The van der Waals surface area contributed by atoms with Crippen molar-refractivity contribution in [2.45, 2.75) is 39.3 Å². The van der Waals surface area contributed by atoms with Gasteiger partial charge in [0.25, 0.3) is 0 Å². The van der Waals surface area contributed by atoms with E-state index in [1.165, 1.54) is 0 Å². The minimum Gasteiger partial charge on any atom is -0.395 e. The Labute approximate surface area is 111 Å². The molecule has 0 radical (unpaired) electrons. The van der Waals surface area contributed by atoms with Crippen LogP contribution in [0.4, 0.5) is 13.2 Å². The number of hydrogen-bond donors (Lipinski definition) is 2. The number of halogens is 3. The van der Waals surface area contributed by atoms with Gasteiger partial charge in [0.2, 0.25) is 0 Å². The summed E-state index contributed by atoms with van der Waals surface area (Å²) in [7, 11) is 0. The zero-order valence-corrected chi connectivity index (χ0v) is 11.4. The van der Waals surface area contributed by atoms with Gasteiger partial charge in [0.15, 0.2) is 17.5 Å². The molecule has 0 saturated carbocycles. The summed E-state index contributed by atoms with van der Waals surface area (Å²) >= 11 is 0. The molecule has 0 amide bonds. The number of hydrogen-bond acceptors (Lipinski definition) is 2. The highest BCUT2D eigenvalue weighted by Gasteiger charge is 2.17. The molecule has 0 aliphatic carbocycles. The Hall–Kier alpha value is -1.07. The second-order valence-electron chi connectivity index (χ2n) is 5.20. The van der Waals surface area contributed by atoms with E-state index in [0.717, 1.165) is 18.6 Å². The normalized spacial score (nSPS) is 14.7. The van der Waals surface area contributed by atoms with E-state index in [2.05, 4.69) is 5.32 Å². The average Bonchev–Trinajstić information content (AvgIpc) is 2.33. The highest BCUT2D eigenvalue weighted by Crippen LogP contribution is 2.20. The molecule has 1 aromatic carbocycles. The summed E-state index contributed by atoms with van der Waals surface area (Å²) in [4.78, 5) is 0. The standard InChI is InChI=1S/C14H20F3NO/c1-8(2)4-11(7-19)18-9(3)10-5-12(15)14(17)13(16)6-10/h5-6,8-9,11,18-19H,4,7H2,1-3H3. The Bertz CT molecular complexity index is 400. The van der Waals surface area contributed by atoms with Crippen molar-refractivity contribution in [2.75, 3.05) is 6.61 Å². The Morgan fingerprint density at radius 1 is 1.11 bits per heavy atom. The topological polar surface area (TPSA) is 32.3 Å². The predicted molar refractivity (Wildman–Crippen MR) is 68.2 cm³/mol. The summed E-state index contributed by atoms with van der Waals surface area (Å²) in [6.07, 6.45) is 0.743. The molecule has 0 aromatic heterocycles. The first kappa shape index (κ1) is 16.0.